The summed E-state index contributed by atoms with van der Waals surface area (Å²) in [6, 6.07) is 2.43. The molecule has 0 amide bonds. The van der Waals surface area contributed by atoms with E-state index in [4.69, 9.17) is 22.0 Å². The molecule has 4 nitrogen and oxygen atoms in total. The molecule has 0 aliphatic rings. The molecule has 0 spiro atoms. The number of aliphatic carboxylic acids is 1. The van der Waals surface area contributed by atoms with E-state index in [2.05, 4.69) is 4.98 Å². The van der Waals surface area contributed by atoms with Gasteiger partial charge in [0.05, 0.1) is 17.1 Å². The van der Waals surface area contributed by atoms with Crippen molar-refractivity contribution in [2.45, 2.75) is 12.8 Å². The number of carbonyl (C=O) groups is 1. The van der Waals surface area contributed by atoms with E-state index in [1.165, 1.54) is 6.07 Å². The van der Waals surface area contributed by atoms with Crippen LogP contribution in [0.3, 0.4) is 0 Å². The van der Waals surface area contributed by atoms with Crippen LogP contribution in [0.1, 0.15) is 23.4 Å². The summed E-state index contributed by atoms with van der Waals surface area (Å²) in [7, 11) is 0. The van der Waals surface area contributed by atoms with E-state index in [0.717, 1.165) is 6.07 Å². The largest absolute Gasteiger partial charge is 0.481 e. The summed E-state index contributed by atoms with van der Waals surface area (Å²) in [4.78, 5) is 14.0. The normalized spacial score (nSPS) is 10.2. The number of halogens is 3. The molecule has 0 unspecified atom stereocenters. The first kappa shape index (κ1) is 12.3. The summed E-state index contributed by atoms with van der Waals surface area (Å²) < 4.78 is 25.0. The van der Waals surface area contributed by atoms with Crippen LogP contribution in [0.5, 0.6) is 0 Å². The fraction of sp³-hybridized carbons (Fsp3) is 0.222. The van der Waals surface area contributed by atoms with Crippen LogP contribution >= 0.6 is 11.6 Å². The average Bonchev–Trinajstić information content (AvgIpc) is 2.19. The molecule has 0 bridgehead atoms. The second kappa shape index (κ2) is 4.86. The van der Waals surface area contributed by atoms with E-state index in [0.29, 0.717) is 0 Å². The first-order valence-corrected chi connectivity index (χ1v) is 4.43. The van der Waals surface area contributed by atoms with Crippen LogP contribution in [0.2, 0.25) is 5.02 Å². The molecule has 1 heterocycles. The number of carboxylic acid groups (broad SMARTS) is 1. The van der Waals surface area contributed by atoms with E-state index >= 15 is 0 Å². The number of hydrogen-bond acceptors (Lipinski definition) is 3. The predicted molar refractivity (Wildman–Crippen MR) is 50.3 cm³/mol. The van der Waals surface area contributed by atoms with Crippen LogP contribution in [-0.4, -0.2) is 16.1 Å². The molecule has 0 atom stereocenters. The first-order valence-electron chi connectivity index (χ1n) is 4.05. The van der Waals surface area contributed by atoms with Crippen LogP contribution in [0.4, 0.5) is 8.78 Å². The summed E-state index contributed by atoms with van der Waals surface area (Å²) in [5, 5.41) is 16.6. The molecule has 0 aliphatic carbocycles. The van der Waals surface area contributed by atoms with E-state index in [1.807, 2.05) is 0 Å². The lowest BCUT2D eigenvalue weighted by atomic mass is 10.1. The van der Waals surface area contributed by atoms with Gasteiger partial charge in [-0.2, -0.15) is 5.26 Å². The monoisotopic (exact) mass is 246 g/mol. The molecular formula is C9H5ClF2N2O2. The lowest BCUT2D eigenvalue weighted by Gasteiger charge is -2.06. The number of pyridine rings is 1. The third-order valence-corrected chi connectivity index (χ3v) is 2.11. The van der Waals surface area contributed by atoms with Gasteiger partial charge in [0.1, 0.15) is 6.07 Å². The van der Waals surface area contributed by atoms with Gasteiger partial charge in [0.15, 0.2) is 5.69 Å². The fourth-order valence-electron chi connectivity index (χ4n) is 1.08. The van der Waals surface area contributed by atoms with Crippen molar-refractivity contribution < 1.29 is 18.7 Å². The summed E-state index contributed by atoms with van der Waals surface area (Å²) in [6.07, 6.45) is -3.42. The third kappa shape index (κ3) is 2.64. The number of alkyl halides is 2. The van der Waals surface area contributed by atoms with Crippen LogP contribution in [0, 0.1) is 11.3 Å². The maximum absolute atomic E-state index is 12.5. The Kier molecular flexibility index (Phi) is 3.74. The zero-order chi connectivity index (χ0) is 12.3. The lowest BCUT2D eigenvalue weighted by Crippen LogP contribution is -2.05. The Labute approximate surface area is 94.1 Å². The van der Waals surface area contributed by atoms with Gasteiger partial charge < -0.3 is 5.11 Å². The Morgan fingerprint density at radius 1 is 1.69 bits per heavy atom. The number of hydrogen-bond donors (Lipinski definition) is 1. The third-order valence-electron chi connectivity index (χ3n) is 1.71. The predicted octanol–water partition coefficient (Wildman–Crippen LogP) is 2.17. The summed E-state index contributed by atoms with van der Waals surface area (Å²) in [5.74, 6) is -1.22. The molecule has 0 radical (unpaired) electrons. The molecule has 0 saturated heterocycles. The molecule has 0 fully saturated rings. The van der Waals surface area contributed by atoms with Crippen molar-refractivity contribution in [3.63, 3.8) is 0 Å². The second-order valence-electron chi connectivity index (χ2n) is 2.85. The quantitative estimate of drug-likeness (QED) is 0.887. The Morgan fingerprint density at radius 3 is 2.75 bits per heavy atom. The zero-order valence-electron chi connectivity index (χ0n) is 7.75. The molecule has 1 rings (SSSR count). The van der Waals surface area contributed by atoms with E-state index in [9.17, 15) is 13.6 Å². The fourth-order valence-corrected chi connectivity index (χ4v) is 1.30. The Balaban J connectivity index is 3.29. The maximum atomic E-state index is 12.5. The van der Waals surface area contributed by atoms with E-state index < -0.39 is 35.1 Å². The summed E-state index contributed by atoms with van der Waals surface area (Å²) in [5.41, 5.74) is -1.09. The molecule has 84 valence electrons. The van der Waals surface area contributed by atoms with E-state index in [1.54, 1.807) is 0 Å². The number of rotatable bonds is 3. The topological polar surface area (TPSA) is 74.0 Å². The maximum Gasteiger partial charge on any atom is 0.309 e. The smallest absolute Gasteiger partial charge is 0.309 e. The van der Waals surface area contributed by atoms with E-state index in [-0.39, 0.29) is 5.69 Å². The van der Waals surface area contributed by atoms with Crippen molar-refractivity contribution in [2.75, 3.05) is 0 Å². The SMILES string of the molecule is N#Cc1nc(CC(=O)O)cc(C(F)F)c1Cl. The zero-order valence-corrected chi connectivity index (χ0v) is 8.50. The minimum absolute atomic E-state index is 0.122. The van der Waals surface area contributed by atoms with Crippen molar-refractivity contribution >= 4 is 17.6 Å². The Bertz CT molecular complexity index is 471. The Hall–Kier alpha value is -1.74. The van der Waals surface area contributed by atoms with Crippen molar-refractivity contribution in [2.24, 2.45) is 0 Å². The molecule has 1 aromatic heterocycles. The van der Waals surface area contributed by atoms with Gasteiger partial charge in [0.2, 0.25) is 0 Å². The molecule has 0 aliphatic heterocycles. The summed E-state index contributed by atoms with van der Waals surface area (Å²) >= 11 is 5.50. The molecule has 0 saturated carbocycles. The van der Waals surface area contributed by atoms with Gasteiger partial charge in [0, 0.05) is 5.56 Å². The van der Waals surface area contributed by atoms with Gasteiger partial charge in [-0.3, -0.25) is 4.79 Å². The Morgan fingerprint density at radius 2 is 2.31 bits per heavy atom. The standard InChI is InChI=1S/C9H5ClF2N2O2/c10-8-5(9(11)12)1-4(2-7(15)16)14-6(8)3-13/h1,9H,2H2,(H,15,16). The van der Waals surface area contributed by atoms with Gasteiger partial charge in [-0.05, 0) is 6.07 Å². The average molecular weight is 247 g/mol. The van der Waals surface area contributed by atoms with Crippen molar-refractivity contribution in [3.8, 4) is 6.07 Å². The molecular weight excluding hydrogens is 242 g/mol. The summed E-state index contributed by atoms with van der Waals surface area (Å²) in [6.45, 7) is 0. The molecule has 16 heavy (non-hydrogen) atoms. The van der Waals surface area contributed by atoms with Crippen LogP contribution in [0.15, 0.2) is 6.07 Å². The van der Waals surface area contributed by atoms with Gasteiger partial charge in [-0.15, -0.1) is 0 Å². The molecule has 1 N–H and O–H groups in total. The van der Waals surface area contributed by atoms with Gasteiger partial charge in [-0.25, -0.2) is 13.8 Å². The van der Waals surface area contributed by atoms with Gasteiger partial charge in [0.25, 0.3) is 6.43 Å². The number of nitriles is 1. The number of carboxylic acids is 1. The van der Waals surface area contributed by atoms with Crippen molar-refractivity contribution in [3.05, 3.63) is 28.0 Å². The number of nitrogens with zero attached hydrogens (tertiary/aromatic N) is 2. The highest BCUT2D eigenvalue weighted by molar-refractivity contribution is 6.32. The van der Waals surface area contributed by atoms with Crippen molar-refractivity contribution in [1.29, 1.82) is 5.26 Å². The highest BCUT2D eigenvalue weighted by atomic mass is 35.5. The molecule has 1 aromatic rings. The minimum atomic E-state index is -2.88. The molecule has 0 aromatic carbocycles. The highest BCUT2D eigenvalue weighted by Crippen LogP contribution is 2.29. The molecule has 7 heteroatoms. The first-order chi connectivity index (χ1) is 7.45. The van der Waals surface area contributed by atoms with Crippen LogP contribution in [0.25, 0.3) is 0 Å². The number of aromatic nitrogens is 1. The second-order valence-corrected chi connectivity index (χ2v) is 3.23. The highest BCUT2D eigenvalue weighted by Gasteiger charge is 2.18. The lowest BCUT2D eigenvalue weighted by molar-refractivity contribution is -0.136. The minimum Gasteiger partial charge on any atom is -0.481 e. The van der Waals surface area contributed by atoms with Crippen LogP contribution in [-0.2, 0) is 11.2 Å². The van der Waals surface area contributed by atoms with Crippen molar-refractivity contribution in [1.82, 2.24) is 4.98 Å². The van der Waals surface area contributed by atoms with Gasteiger partial charge in [-0.1, -0.05) is 11.6 Å². The van der Waals surface area contributed by atoms with Gasteiger partial charge >= 0.3 is 5.97 Å². The van der Waals surface area contributed by atoms with Crippen LogP contribution < -0.4 is 0 Å².